The van der Waals surface area contributed by atoms with Gasteiger partial charge in [-0.2, -0.15) is 0 Å². The molecule has 1 aliphatic heterocycles. The van der Waals surface area contributed by atoms with E-state index in [1.807, 2.05) is 35.2 Å². The van der Waals surface area contributed by atoms with Crippen LogP contribution >= 0.6 is 0 Å². The number of piperidine rings is 1. The van der Waals surface area contributed by atoms with Crippen molar-refractivity contribution in [2.24, 2.45) is 0 Å². The number of carbonyl (C=O) groups excluding carboxylic acids is 2. The van der Waals surface area contributed by atoms with E-state index in [1.165, 1.54) is 11.1 Å². The summed E-state index contributed by atoms with van der Waals surface area (Å²) >= 11 is 0. The highest BCUT2D eigenvalue weighted by Gasteiger charge is 2.24. The van der Waals surface area contributed by atoms with Crippen molar-refractivity contribution in [1.29, 1.82) is 0 Å². The van der Waals surface area contributed by atoms with Gasteiger partial charge in [0.2, 0.25) is 5.91 Å². The molecule has 28 heavy (non-hydrogen) atoms. The molecule has 2 amide bonds. The fraction of sp³-hybridized carbons (Fsp3) is 0.391. The molecule has 0 saturated carbocycles. The van der Waals surface area contributed by atoms with Crippen LogP contribution in [0.1, 0.15) is 36.0 Å². The zero-order valence-corrected chi connectivity index (χ0v) is 16.4. The second kappa shape index (κ2) is 9.93. The van der Waals surface area contributed by atoms with E-state index >= 15 is 0 Å². The maximum Gasteiger partial charge on any atom is 0.407 e. The van der Waals surface area contributed by atoms with Crippen LogP contribution in [0.5, 0.6) is 0 Å². The number of alkyl carbamates (subject to hydrolysis) is 1. The van der Waals surface area contributed by atoms with Gasteiger partial charge >= 0.3 is 6.09 Å². The fourth-order valence-corrected chi connectivity index (χ4v) is 3.37. The Labute approximate surface area is 166 Å². The minimum absolute atomic E-state index is 0.0596. The molecule has 148 valence electrons. The highest BCUT2D eigenvalue weighted by molar-refractivity contribution is 5.76. The molecule has 0 aliphatic carbocycles. The van der Waals surface area contributed by atoms with E-state index in [0.29, 0.717) is 19.5 Å². The number of rotatable bonds is 6. The van der Waals surface area contributed by atoms with Gasteiger partial charge in [0.25, 0.3) is 0 Å². The quantitative estimate of drug-likeness (QED) is 0.828. The largest absolute Gasteiger partial charge is 0.445 e. The van der Waals surface area contributed by atoms with Gasteiger partial charge in [-0.3, -0.25) is 4.79 Å². The molecule has 1 heterocycles. The summed E-state index contributed by atoms with van der Waals surface area (Å²) in [7, 11) is 0. The van der Waals surface area contributed by atoms with Crippen LogP contribution in [0.15, 0.2) is 54.6 Å². The van der Waals surface area contributed by atoms with Crippen molar-refractivity contribution in [3.05, 3.63) is 71.3 Å². The normalized spacial score (nSPS) is 14.5. The summed E-state index contributed by atoms with van der Waals surface area (Å²) in [5.74, 6) is 0.186. The summed E-state index contributed by atoms with van der Waals surface area (Å²) in [4.78, 5) is 26.3. The molecule has 2 aromatic carbocycles. The number of amides is 2. The predicted molar refractivity (Wildman–Crippen MR) is 109 cm³/mol. The maximum atomic E-state index is 12.4. The van der Waals surface area contributed by atoms with Gasteiger partial charge in [0, 0.05) is 25.6 Å². The smallest absolute Gasteiger partial charge is 0.407 e. The first-order valence-electron chi connectivity index (χ1n) is 9.90. The summed E-state index contributed by atoms with van der Waals surface area (Å²) in [6.07, 6.45) is 2.42. The molecule has 0 spiro atoms. The lowest BCUT2D eigenvalue weighted by atomic mass is 10.0. The number of ether oxygens (including phenoxy) is 1. The van der Waals surface area contributed by atoms with Crippen molar-refractivity contribution in [2.45, 2.75) is 45.3 Å². The average Bonchev–Trinajstić information content (AvgIpc) is 2.73. The van der Waals surface area contributed by atoms with E-state index in [0.717, 1.165) is 24.8 Å². The van der Waals surface area contributed by atoms with Gasteiger partial charge in [0.05, 0.1) is 0 Å². The average molecular weight is 380 g/mol. The molecular formula is C23H28N2O3. The third kappa shape index (κ3) is 6.12. The highest BCUT2D eigenvalue weighted by atomic mass is 16.5. The third-order valence-electron chi connectivity index (χ3n) is 5.13. The number of likely N-dealkylation sites (tertiary alicyclic amines) is 1. The molecule has 2 aromatic rings. The van der Waals surface area contributed by atoms with Crippen LogP contribution < -0.4 is 5.32 Å². The number of carbonyl (C=O) groups is 2. The van der Waals surface area contributed by atoms with Crippen molar-refractivity contribution in [2.75, 3.05) is 13.1 Å². The first-order chi connectivity index (χ1) is 13.6. The molecule has 0 atom stereocenters. The van der Waals surface area contributed by atoms with Crippen LogP contribution in [-0.2, 0) is 22.6 Å². The maximum absolute atomic E-state index is 12.4. The Hall–Kier alpha value is -2.82. The van der Waals surface area contributed by atoms with Crippen LogP contribution in [-0.4, -0.2) is 36.0 Å². The molecule has 0 radical (unpaired) electrons. The molecular weight excluding hydrogens is 352 g/mol. The monoisotopic (exact) mass is 380 g/mol. The zero-order valence-electron chi connectivity index (χ0n) is 16.4. The lowest BCUT2D eigenvalue weighted by molar-refractivity contribution is -0.132. The number of hydrogen-bond acceptors (Lipinski definition) is 3. The van der Waals surface area contributed by atoms with Gasteiger partial charge in [-0.25, -0.2) is 4.79 Å². The molecule has 0 bridgehead atoms. The lowest BCUT2D eigenvalue weighted by Gasteiger charge is -2.32. The van der Waals surface area contributed by atoms with Crippen LogP contribution in [0, 0.1) is 6.92 Å². The molecule has 5 heteroatoms. The van der Waals surface area contributed by atoms with Crippen LogP contribution in [0.4, 0.5) is 4.79 Å². The van der Waals surface area contributed by atoms with Gasteiger partial charge in [-0.05, 0) is 37.3 Å². The lowest BCUT2D eigenvalue weighted by Crippen LogP contribution is -2.46. The molecule has 3 rings (SSSR count). The number of benzene rings is 2. The van der Waals surface area contributed by atoms with E-state index in [2.05, 4.69) is 36.5 Å². The summed E-state index contributed by atoms with van der Waals surface area (Å²) in [5, 5.41) is 2.91. The van der Waals surface area contributed by atoms with Gasteiger partial charge in [0.15, 0.2) is 0 Å². The number of hydrogen-bond donors (Lipinski definition) is 1. The Bertz CT molecular complexity index is 766. The number of nitrogens with zero attached hydrogens (tertiary/aromatic N) is 1. The second-order valence-corrected chi connectivity index (χ2v) is 7.35. The van der Waals surface area contributed by atoms with Crippen LogP contribution in [0.25, 0.3) is 0 Å². The number of aryl methyl sites for hydroxylation is 2. The van der Waals surface area contributed by atoms with Crippen molar-refractivity contribution in [3.8, 4) is 0 Å². The molecule has 0 unspecified atom stereocenters. The Balaban J connectivity index is 1.34. The second-order valence-electron chi connectivity index (χ2n) is 7.35. The van der Waals surface area contributed by atoms with E-state index in [9.17, 15) is 9.59 Å². The van der Waals surface area contributed by atoms with Gasteiger partial charge in [-0.15, -0.1) is 0 Å². The molecule has 0 aromatic heterocycles. The Morgan fingerprint density at radius 3 is 2.36 bits per heavy atom. The van der Waals surface area contributed by atoms with Crippen LogP contribution in [0.2, 0.25) is 0 Å². The SMILES string of the molecule is Cc1ccc(CCC(=O)N2CCC(NC(=O)OCc3ccccc3)CC2)cc1. The van der Waals surface area contributed by atoms with Crippen molar-refractivity contribution in [3.63, 3.8) is 0 Å². The molecule has 1 N–H and O–H groups in total. The van der Waals surface area contributed by atoms with E-state index in [1.54, 1.807) is 0 Å². The molecule has 1 saturated heterocycles. The zero-order chi connectivity index (χ0) is 19.8. The standard InChI is InChI=1S/C23H28N2O3/c1-18-7-9-19(10-8-18)11-12-22(26)25-15-13-21(14-16-25)24-23(27)28-17-20-5-3-2-4-6-20/h2-10,21H,11-17H2,1H3,(H,24,27). The van der Waals surface area contributed by atoms with Gasteiger partial charge in [0.1, 0.15) is 6.61 Å². The van der Waals surface area contributed by atoms with E-state index in [4.69, 9.17) is 4.74 Å². The van der Waals surface area contributed by atoms with Crippen molar-refractivity contribution < 1.29 is 14.3 Å². The number of nitrogens with one attached hydrogen (secondary N) is 1. The van der Waals surface area contributed by atoms with Gasteiger partial charge < -0.3 is 15.0 Å². The van der Waals surface area contributed by atoms with Crippen LogP contribution in [0.3, 0.4) is 0 Å². The minimum Gasteiger partial charge on any atom is -0.445 e. The first-order valence-corrected chi connectivity index (χ1v) is 9.90. The third-order valence-corrected chi connectivity index (χ3v) is 5.13. The Morgan fingerprint density at radius 1 is 1.00 bits per heavy atom. The van der Waals surface area contributed by atoms with E-state index in [-0.39, 0.29) is 18.6 Å². The molecule has 1 aliphatic rings. The summed E-state index contributed by atoms with van der Waals surface area (Å²) < 4.78 is 5.27. The summed E-state index contributed by atoms with van der Waals surface area (Å²) in [5.41, 5.74) is 3.38. The predicted octanol–water partition coefficient (Wildman–Crippen LogP) is 3.85. The Kier molecular flexibility index (Phi) is 7.06. The first kappa shape index (κ1) is 19.9. The fourth-order valence-electron chi connectivity index (χ4n) is 3.37. The minimum atomic E-state index is -0.395. The Morgan fingerprint density at radius 2 is 1.68 bits per heavy atom. The summed E-state index contributed by atoms with van der Waals surface area (Å²) in [6, 6.07) is 18.0. The topological polar surface area (TPSA) is 58.6 Å². The summed E-state index contributed by atoms with van der Waals surface area (Å²) in [6.45, 7) is 3.68. The van der Waals surface area contributed by atoms with Crippen molar-refractivity contribution in [1.82, 2.24) is 10.2 Å². The van der Waals surface area contributed by atoms with E-state index < -0.39 is 6.09 Å². The molecule has 5 nitrogen and oxygen atoms in total. The molecule has 1 fully saturated rings. The highest BCUT2D eigenvalue weighted by Crippen LogP contribution is 2.14. The van der Waals surface area contributed by atoms with Gasteiger partial charge in [-0.1, -0.05) is 60.2 Å². The van der Waals surface area contributed by atoms with Crippen molar-refractivity contribution >= 4 is 12.0 Å².